The first-order chi connectivity index (χ1) is 16.2. The van der Waals surface area contributed by atoms with Crippen LogP contribution in [0.4, 0.5) is 0 Å². The van der Waals surface area contributed by atoms with Crippen molar-refractivity contribution >= 4 is 27.9 Å². The second-order valence-corrected chi connectivity index (χ2v) is 9.75. The molecule has 5 rings (SSSR count). The van der Waals surface area contributed by atoms with Crippen LogP contribution >= 0.6 is 0 Å². The van der Waals surface area contributed by atoms with Crippen LogP contribution in [0.25, 0.3) is 22.1 Å². The summed E-state index contributed by atoms with van der Waals surface area (Å²) in [6.07, 6.45) is 0. The standard InChI is InChI=1S/C28H28N4O2/c1-18-30-22-15-20(14-21(26(22)34-18)28(2,3)4)25(33)17-32-24-13-9-8-12-23(24)31(27(32)29)16-19-10-6-5-7-11-19/h5-15,29H,16-17H2,1-4H3. The maximum absolute atomic E-state index is 13.5. The lowest BCUT2D eigenvalue weighted by Crippen LogP contribution is -2.27. The Morgan fingerprint density at radius 1 is 0.971 bits per heavy atom. The normalized spacial score (nSPS) is 12.0. The van der Waals surface area contributed by atoms with E-state index < -0.39 is 0 Å². The minimum absolute atomic E-state index is 0.0610. The molecule has 3 aromatic carbocycles. The second kappa shape index (κ2) is 8.13. The third kappa shape index (κ3) is 3.85. The lowest BCUT2D eigenvalue weighted by Gasteiger charge is -2.19. The Balaban J connectivity index is 1.58. The van der Waals surface area contributed by atoms with Gasteiger partial charge in [-0.05, 0) is 35.2 Å². The average Bonchev–Trinajstić information content (AvgIpc) is 3.30. The highest BCUT2D eigenvalue weighted by Gasteiger charge is 2.24. The SMILES string of the molecule is Cc1nc2cc(C(=O)Cn3c(=N)n(Cc4ccccc4)c4ccccc43)cc(C(C)(C)C)c2o1. The summed E-state index contributed by atoms with van der Waals surface area (Å²) in [6, 6.07) is 21.7. The number of carbonyl (C=O) groups is 1. The van der Waals surface area contributed by atoms with Gasteiger partial charge in [0.15, 0.2) is 17.3 Å². The van der Waals surface area contributed by atoms with Crippen LogP contribution in [0.3, 0.4) is 0 Å². The van der Waals surface area contributed by atoms with E-state index in [1.807, 2.05) is 72.2 Å². The fourth-order valence-electron chi connectivity index (χ4n) is 4.48. The number of hydrogen-bond donors (Lipinski definition) is 1. The molecule has 0 spiro atoms. The number of imidazole rings is 1. The summed E-state index contributed by atoms with van der Waals surface area (Å²) < 4.78 is 9.59. The molecule has 0 radical (unpaired) electrons. The third-order valence-corrected chi connectivity index (χ3v) is 6.19. The lowest BCUT2D eigenvalue weighted by atomic mass is 9.85. The van der Waals surface area contributed by atoms with Gasteiger partial charge in [0, 0.05) is 18.1 Å². The Hall–Kier alpha value is -3.93. The Kier molecular flexibility index (Phi) is 5.24. The van der Waals surface area contributed by atoms with Gasteiger partial charge in [0.2, 0.25) is 5.62 Å². The number of nitrogens with one attached hydrogen (secondary N) is 1. The van der Waals surface area contributed by atoms with E-state index in [1.165, 1.54) is 0 Å². The summed E-state index contributed by atoms with van der Waals surface area (Å²) in [4.78, 5) is 18.0. The summed E-state index contributed by atoms with van der Waals surface area (Å²) in [7, 11) is 0. The molecule has 2 aromatic heterocycles. The number of carbonyl (C=O) groups excluding carboxylic acids is 1. The first-order valence-electron chi connectivity index (χ1n) is 11.4. The zero-order valence-electron chi connectivity index (χ0n) is 19.9. The van der Waals surface area contributed by atoms with Gasteiger partial charge in [-0.1, -0.05) is 63.2 Å². The number of nitrogens with zero attached hydrogens (tertiary/aromatic N) is 3. The monoisotopic (exact) mass is 452 g/mol. The van der Waals surface area contributed by atoms with Gasteiger partial charge < -0.3 is 13.6 Å². The van der Waals surface area contributed by atoms with Crippen LogP contribution in [0.15, 0.2) is 71.1 Å². The summed E-state index contributed by atoms with van der Waals surface area (Å²) in [5.74, 6) is 0.520. The van der Waals surface area contributed by atoms with Crippen molar-refractivity contribution in [1.82, 2.24) is 14.1 Å². The summed E-state index contributed by atoms with van der Waals surface area (Å²) >= 11 is 0. The zero-order chi connectivity index (χ0) is 24.0. The molecule has 34 heavy (non-hydrogen) atoms. The number of para-hydroxylation sites is 2. The van der Waals surface area contributed by atoms with Crippen LogP contribution in [0.2, 0.25) is 0 Å². The van der Waals surface area contributed by atoms with Gasteiger partial charge in [-0.2, -0.15) is 0 Å². The summed E-state index contributed by atoms with van der Waals surface area (Å²) in [5, 5.41) is 8.90. The molecule has 5 aromatic rings. The van der Waals surface area contributed by atoms with Crippen molar-refractivity contribution in [2.24, 2.45) is 0 Å². The number of ketones is 1. The molecule has 172 valence electrons. The van der Waals surface area contributed by atoms with E-state index in [0.29, 0.717) is 29.1 Å². The van der Waals surface area contributed by atoms with Crippen molar-refractivity contribution < 1.29 is 9.21 Å². The molecule has 0 aliphatic carbocycles. The molecule has 0 atom stereocenters. The van der Waals surface area contributed by atoms with E-state index in [0.717, 1.165) is 27.7 Å². The van der Waals surface area contributed by atoms with E-state index in [9.17, 15) is 4.79 Å². The third-order valence-electron chi connectivity index (χ3n) is 6.19. The van der Waals surface area contributed by atoms with Gasteiger partial charge in [0.05, 0.1) is 24.1 Å². The van der Waals surface area contributed by atoms with Gasteiger partial charge in [-0.3, -0.25) is 10.2 Å². The Bertz CT molecular complexity index is 1580. The molecule has 0 bridgehead atoms. The molecule has 0 aliphatic heterocycles. The minimum atomic E-state index is -0.208. The molecule has 0 amide bonds. The topological polar surface area (TPSA) is 76.8 Å². The van der Waals surface area contributed by atoms with Crippen molar-refractivity contribution in [3.05, 3.63) is 94.9 Å². The largest absolute Gasteiger partial charge is 0.441 e. The van der Waals surface area contributed by atoms with Crippen molar-refractivity contribution in [3.63, 3.8) is 0 Å². The van der Waals surface area contributed by atoms with Gasteiger partial charge in [0.1, 0.15) is 5.52 Å². The van der Waals surface area contributed by atoms with Crippen LogP contribution in [0.1, 0.15) is 48.1 Å². The first kappa shape index (κ1) is 21.9. The van der Waals surface area contributed by atoms with E-state index >= 15 is 0 Å². The van der Waals surface area contributed by atoms with Crippen LogP contribution in [-0.4, -0.2) is 19.9 Å². The van der Waals surface area contributed by atoms with Gasteiger partial charge in [-0.25, -0.2) is 4.98 Å². The Morgan fingerprint density at radius 2 is 1.62 bits per heavy atom. The molecule has 0 saturated heterocycles. The molecule has 0 aliphatic rings. The second-order valence-electron chi connectivity index (χ2n) is 9.75. The molecule has 2 heterocycles. The molecule has 0 saturated carbocycles. The number of hydrogen-bond acceptors (Lipinski definition) is 4. The Labute approximate surface area is 198 Å². The predicted molar refractivity (Wildman–Crippen MR) is 133 cm³/mol. The predicted octanol–water partition coefficient (Wildman–Crippen LogP) is 5.60. The highest BCUT2D eigenvalue weighted by Crippen LogP contribution is 2.32. The summed E-state index contributed by atoms with van der Waals surface area (Å²) in [5.41, 5.74) is 5.96. The van der Waals surface area contributed by atoms with Gasteiger partial charge in [-0.15, -0.1) is 0 Å². The molecule has 1 N–H and O–H groups in total. The van der Waals surface area contributed by atoms with Crippen LogP contribution in [0, 0.1) is 12.3 Å². The van der Waals surface area contributed by atoms with Crippen LogP contribution < -0.4 is 5.62 Å². The number of benzene rings is 3. The minimum Gasteiger partial charge on any atom is -0.441 e. The molecular formula is C28H28N4O2. The fourth-order valence-corrected chi connectivity index (χ4v) is 4.48. The van der Waals surface area contributed by atoms with Crippen molar-refractivity contribution in [2.45, 2.75) is 46.2 Å². The highest BCUT2D eigenvalue weighted by molar-refractivity contribution is 6.00. The van der Waals surface area contributed by atoms with Crippen LogP contribution in [-0.2, 0) is 18.5 Å². The Morgan fingerprint density at radius 3 is 2.29 bits per heavy atom. The van der Waals surface area contributed by atoms with Crippen LogP contribution in [0.5, 0.6) is 0 Å². The number of fused-ring (bicyclic) bond motifs is 2. The fraction of sp³-hybridized carbons (Fsp3) is 0.250. The highest BCUT2D eigenvalue weighted by atomic mass is 16.3. The van der Waals surface area contributed by atoms with E-state index in [1.54, 1.807) is 10.6 Å². The zero-order valence-corrected chi connectivity index (χ0v) is 19.9. The molecule has 6 nitrogen and oxygen atoms in total. The number of oxazole rings is 1. The molecule has 0 unspecified atom stereocenters. The molecular weight excluding hydrogens is 424 g/mol. The average molecular weight is 453 g/mol. The maximum Gasteiger partial charge on any atom is 0.203 e. The van der Waals surface area contributed by atoms with E-state index in [-0.39, 0.29) is 17.7 Å². The van der Waals surface area contributed by atoms with E-state index in [2.05, 4.69) is 25.8 Å². The number of aromatic nitrogens is 3. The quantitative estimate of drug-likeness (QED) is 0.353. The lowest BCUT2D eigenvalue weighted by molar-refractivity contribution is 0.0971. The van der Waals surface area contributed by atoms with Gasteiger partial charge in [0.25, 0.3) is 0 Å². The maximum atomic E-state index is 13.5. The smallest absolute Gasteiger partial charge is 0.203 e. The van der Waals surface area contributed by atoms with Crippen molar-refractivity contribution in [2.75, 3.05) is 0 Å². The van der Waals surface area contributed by atoms with Crippen molar-refractivity contribution in [3.8, 4) is 0 Å². The number of aryl methyl sites for hydroxylation is 1. The number of Topliss-reactive ketones (excluding diaryl/α,β-unsaturated/α-hetero) is 1. The van der Waals surface area contributed by atoms with Gasteiger partial charge >= 0.3 is 0 Å². The first-order valence-corrected chi connectivity index (χ1v) is 11.4. The molecule has 0 fully saturated rings. The number of rotatable bonds is 5. The summed E-state index contributed by atoms with van der Waals surface area (Å²) in [6.45, 7) is 8.76. The van der Waals surface area contributed by atoms with Crippen molar-refractivity contribution in [1.29, 1.82) is 5.41 Å². The van der Waals surface area contributed by atoms with E-state index in [4.69, 9.17) is 9.83 Å². The molecule has 6 heteroatoms.